The molecule has 0 atom stereocenters. The summed E-state index contributed by atoms with van der Waals surface area (Å²) in [6.45, 7) is 1.22. The van der Waals surface area contributed by atoms with Crippen molar-refractivity contribution in [2.24, 2.45) is 0 Å². The highest BCUT2D eigenvalue weighted by molar-refractivity contribution is 7.89. The van der Waals surface area contributed by atoms with Gasteiger partial charge in [0.05, 0.1) is 10.6 Å². The smallest absolute Gasteiger partial charge is 0.368 e. The Kier molecular flexibility index (Phi) is 6.69. The molecule has 0 saturated carbocycles. The number of sulfonamides is 1. The first-order valence-electron chi connectivity index (χ1n) is 9.33. The molecular weight excluding hydrogens is 528 g/mol. The van der Waals surface area contributed by atoms with Crippen LogP contribution in [0.15, 0.2) is 35.5 Å². The molecule has 9 nitrogen and oxygen atoms in total. The molecule has 0 fully saturated rings. The normalized spacial score (nSPS) is 13.2. The van der Waals surface area contributed by atoms with Crippen molar-refractivity contribution in [2.45, 2.75) is 36.8 Å². The standard InChI is InChI=1S/C18H16ClF6N7O2S/c1-16(2,18(23,24)25)32-35(33,34)12-4-3-8(7-27-12)13-10(17(20,21)22)5-9(6-11(13)19)28-15-29-14(26)30-31-15/h3-7,32H,1-2H3,(H4,26,28,29,30,31). The number of nitrogens with two attached hydrogens (primary N) is 1. The summed E-state index contributed by atoms with van der Waals surface area (Å²) in [6, 6.07) is 3.56. The van der Waals surface area contributed by atoms with E-state index in [1.165, 1.54) is 4.72 Å². The number of hydrogen-bond acceptors (Lipinski definition) is 7. The highest BCUT2D eigenvalue weighted by Crippen LogP contribution is 2.43. The van der Waals surface area contributed by atoms with Crippen molar-refractivity contribution in [3.63, 3.8) is 0 Å². The van der Waals surface area contributed by atoms with E-state index in [4.69, 9.17) is 17.3 Å². The molecule has 0 aliphatic carbocycles. The average molecular weight is 544 g/mol. The lowest BCUT2D eigenvalue weighted by atomic mass is 9.99. The first kappa shape index (κ1) is 26.5. The first-order valence-corrected chi connectivity index (χ1v) is 11.2. The second kappa shape index (κ2) is 8.83. The first-order chi connectivity index (χ1) is 15.9. The van der Waals surface area contributed by atoms with Gasteiger partial charge in [-0.05, 0) is 38.1 Å². The largest absolute Gasteiger partial charge is 0.417 e. The van der Waals surface area contributed by atoms with E-state index < -0.39 is 44.1 Å². The number of H-pyrrole nitrogens is 1. The molecule has 3 aromatic rings. The van der Waals surface area contributed by atoms with E-state index in [1.807, 2.05) is 0 Å². The number of nitrogens with one attached hydrogen (secondary N) is 3. The second-order valence-electron chi connectivity index (χ2n) is 7.66. The van der Waals surface area contributed by atoms with Crippen LogP contribution in [0.3, 0.4) is 0 Å². The average Bonchev–Trinajstić information content (AvgIpc) is 3.10. The van der Waals surface area contributed by atoms with Crippen molar-refractivity contribution in [1.82, 2.24) is 24.9 Å². The van der Waals surface area contributed by atoms with Gasteiger partial charge in [0.25, 0.3) is 10.0 Å². The minimum atomic E-state index is -4.91. The zero-order chi connectivity index (χ0) is 26.4. The van der Waals surface area contributed by atoms with Gasteiger partial charge < -0.3 is 11.1 Å². The fraction of sp³-hybridized carbons (Fsp3) is 0.278. The van der Waals surface area contributed by atoms with Crippen LogP contribution in [0, 0.1) is 0 Å². The maximum Gasteiger partial charge on any atom is 0.417 e. The molecule has 17 heteroatoms. The van der Waals surface area contributed by atoms with Crippen LogP contribution in [-0.2, 0) is 16.2 Å². The lowest BCUT2D eigenvalue weighted by molar-refractivity contribution is -0.180. The van der Waals surface area contributed by atoms with Crippen LogP contribution in [0.4, 0.5) is 43.9 Å². The van der Waals surface area contributed by atoms with E-state index in [0.717, 1.165) is 24.4 Å². The molecule has 0 aliphatic rings. The predicted octanol–water partition coefficient (Wildman–Crippen LogP) is 4.48. The summed E-state index contributed by atoms with van der Waals surface area (Å²) in [5.41, 5.74) is 0.458. The number of rotatable bonds is 6. The number of alkyl halides is 6. The highest BCUT2D eigenvalue weighted by atomic mass is 35.5. The zero-order valence-corrected chi connectivity index (χ0v) is 19.2. The van der Waals surface area contributed by atoms with E-state index in [1.54, 1.807) is 0 Å². The Morgan fingerprint density at radius 2 is 1.74 bits per heavy atom. The Balaban J connectivity index is 2.00. The van der Waals surface area contributed by atoms with Gasteiger partial charge in [0.2, 0.25) is 11.9 Å². The van der Waals surface area contributed by atoms with Crippen molar-refractivity contribution in [3.8, 4) is 11.1 Å². The maximum atomic E-state index is 13.8. The summed E-state index contributed by atoms with van der Waals surface area (Å²) in [5.74, 6) is -0.203. The van der Waals surface area contributed by atoms with E-state index in [9.17, 15) is 34.8 Å². The summed E-state index contributed by atoms with van der Waals surface area (Å²) in [6.07, 6.45) is -9.06. The molecular formula is C18H16ClF6N7O2S. The summed E-state index contributed by atoms with van der Waals surface area (Å²) in [4.78, 5) is 7.27. The van der Waals surface area contributed by atoms with E-state index in [0.29, 0.717) is 19.9 Å². The fourth-order valence-corrected chi connectivity index (χ4v) is 4.45. The van der Waals surface area contributed by atoms with Crippen LogP contribution in [-0.4, -0.2) is 40.3 Å². The third kappa shape index (κ3) is 5.76. The van der Waals surface area contributed by atoms with Gasteiger partial charge in [-0.25, -0.2) is 18.5 Å². The van der Waals surface area contributed by atoms with Crippen LogP contribution >= 0.6 is 11.6 Å². The van der Waals surface area contributed by atoms with Crippen LogP contribution in [0.1, 0.15) is 19.4 Å². The van der Waals surface area contributed by atoms with Gasteiger partial charge in [0.1, 0.15) is 5.54 Å². The van der Waals surface area contributed by atoms with Crippen LogP contribution in [0.5, 0.6) is 0 Å². The van der Waals surface area contributed by atoms with Crippen molar-refractivity contribution < 1.29 is 34.8 Å². The molecule has 0 bridgehead atoms. The summed E-state index contributed by atoms with van der Waals surface area (Å²) in [5, 5.41) is 7.23. The van der Waals surface area contributed by atoms with Crippen LogP contribution in [0.2, 0.25) is 5.02 Å². The van der Waals surface area contributed by atoms with Gasteiger partial charge in [-0.3, -0.25) is 0 Å². The summed E-state index contributed by atoms with van der Waals surface area (Å²) in [7, 11) is -4.76. The molecule has 1 aromatic carbocycles. The molecule has 0 aliphatic heterocycles. The molecule has 2 aromatic heterocycles. The van der Waals surface area contributed by atoms with Crippen LogP contribution in [0.25, 0.3) is 11.1 Å². The minimum Gasteiger partial charge on any atom is -0.368 e. The number of nitrogens with zero attached hydrogens (tertiary/aromatic N) is 3. The van der Waals surface area contributed by atoms with Crippen molar-refractivity contribution in [3.05, 3.63) is 41.0 Å². The molecule has 35 heavy (non-hydrogen) atoms. The predicted molar refractivity (Wildman–Crippen MR) is 114 cm³/mol. The summed E-state index contributed by atoms with van der Waals surface area (Å²) < 4.78 is 107. The molecule has 2 heterocycles. The second-order valence-corrected chi connectivity index (χ2v) is 9.70. The third-order valence-corrected chi connectivity index (χ3v) is 6.42. The molecule has 0 amide bonds. The number of aromatic amines is 1. The number of pyridine rings is 1. The Labute approximate surface area is 199 Å². The van der Waals surface area contributed by atoms with Crippen LogP contribution < -0.4 is 15.8 Å². The minimum absolute atomic E-state index is 0.0829. The Bertz CT molecular complexity index is 1340. The van der Waals surface area contributed by atoms with Gasteiger partial charge in [0.15, 0.2) is 5.03 Å². The molecule has 0 saturated heterocycles. The molecule has 5 N–H and O–H groups in total. The number of anilines is 3. The molecule has 3 rings (SSSR count). The molecule has 0 radical (unpaired) electrons. The maximum absolute atomic E-state index is 13.8. The van der Waals surface area contributed by atoms with Gasteiger partial charge in [-0.15, -0.1) is 5.10 Å². The zero-order valence-electron chi connectivity index (χ0n) is 17.7. The summed E-state index contributed by atoms with van der Waals surface area (Å²) >= 11 is 6.12. The van der Waals surface area contributed by atoms with E-state index in [-0.39, 0.29) is 28.2 Å². The topological polar surface area (TPSA) is 139 Å². The Hall–Kier alpha value is -3.11. The number of halogens is 7. The van der Waals surface area contributed by atoms with Gasteiger partial charge in [-0.2, -0.15) is 36.0 Å². The van der Waals surface area contributed by atoms with Crippen molar-refractivity contribution in [2.75, 3.05) is 11.1 Å². The number of hydrogen-bond donors (Lipinski definition) is 4. The SMILES string of the molecule is CC(C)(NS(=O)(=O)c1ccc(-c2c(Cl)cc(Nc3n[nH]c(N)n3)cc2C(F)(F)F)cn1)C(F)(F)F. The molecule has 0 unspecified atom stereocenters. The van der Waals surface area contributed by atoms with Gasteiger partial charge in [-0.1, -0.05) is 11.6 Å². The Morgan fingerprint density at radius 3 is 2.23 bits per heavy atom. The lowest BCUT2D eigenvalue weighted by Crippen LogP contribution is -2.54. The Morgan fingerprint density at radius 1 is 1.09 bits per heavy atom. The quantitative estimate of drug-likeness (QED) is 0.336. The van der Waals surface area contributed by atoms with Gasteiger partial charge in [0, 0.05) is 23.0 Å². The van der Waals surface area contributed by atoms with E-state index in [2.05, 4.69) is 25.5 Å². The fourth-order valence-electron chi connectivity index (χ4n) is 2.79. The number of benzene rings is 1. The molecule has 0 spiro atoms. The lowest BCUT2D eigenvalue weighted by Gasteiger charge is -2.28. The number of nitrogen functional groups attached to an aromatic ring is 1. The van der Waals surface area contributed by atoms with Crippen molar-refractivity contribution in [1.29, 1.82) is 0 Å². The monoisotopic (exact) mass is 543 g/mol. The highest BCUT2D eigenvalue weighted by Gasteiger charge is 2.50. The number of aromatic nitrogens is 4. The molecule has 190 valence electrons. The van der Waals surface area contributed by atoms with Gasteiger partial charge >= 0.3 is 12.4 Å². The van der Waals surface area contributed by atoms with Crippen molar-refractivity contribution >= 4 is 39.2 Å². The third-order valence-electron chi connectivity index (χ3n) is 4.55. The van der Waals surface area contributed by atoms with E-state index >= 15 is 0 Å².